The lowest BCUT2D eigenvalue weighted by atomic mass is 10.1. The molecule has 1 heterocycles. The molecule has 1 atom stereocenters. The Kier molecular flexibility index (Phi) is 3.57. The van der Waals surface area contributed by atoms with Crippen LogP contribution in [0.4, 0.5) is 4.39 Å². The number of aromatic amines is 1. The maximum atomic E-state index is 13.7. The molecule has 1 N–H and O–H groups in total. The second kappa shape index (κ2) is 5.01. The van der Waals surface area contributed by atoms with Crippen molar-refractivity contribution in [2.75, 3.05) is 0 Å². The van der Waals surface area contributed by atoms with Gasteiger partial charge in [-0.1, -0.05) is 29.8 Å². The average Bonchev–Trinajstić information content (AvgIpc) is 2.36. The Labute approximate surface area is 113 Å². The van der Waals surface area contributed by atoms with Crippen LogP contribution in [0, 0.1) is 12.7 Å². The molecule has 0 aliphatic heterocycles. The van der Waals surface area contributed by atoms with Gasteiger partial charge in [-0.25, -0.2) is 9.18 Å². The fourth-order valence-corrected chi connectivity index (χ4v) is 2.08. The van der Waals surface area contributed by atoms with E-state index >= 15 is 0 Å². The zero-order valence-corrected chi connectivity index (χ0v) is 11.2. The quantitative estimate of drug-likeness (QED) is 0.859. The standard InChI is InChI=1S/C13H12ClFN2O2/c1-7-11(14)16-13(19)17(12(7)18)8(2)9-5-3-4-6-10(9)15/h3-6,8H,1-2H3,(H,16,19). The summed E-state index contributed by atoms with van der Waals surface area (Å²) in [4.78, 5) is 26.3. The highest BCUT2D eigenvalue weighted by Crippen LogP contribution is 2.18. The molecule has 0 radical (unpaired) electrons. The summed E-state index contributed by atoms with van der Waals surface area (Å²) >= 11 is 5.73. The van der Waals surface area contributed by atoms with Crippen molar-refractivity contribution in [3.63, 3.8) is 0 Å². The Morgan fingerprint density at radius 2 is 1.95 bits per heavy atom. The van der Waals surface area contributed by atoms with Gasteiger partial charge in [0.25, 0.3) is 5.56 Å². The van der Waals surface area contributed by atoms with Crippen LogP contribution in [-0.2, 0) is 0 Å². The van der Waals surface area contributed by atoms with Gasteiger partial charge < -0.3 is 0 Å². The van der Waals surface area contributed by atoms with E-state index in [9.17, 15) is 14.0 Å². The van der Waals surface area contributed by atoms with Crippen LogP contribution in [0.1, 0.15) is 24.1 Å². The first-order chi connectivity index (χ1) is 8.93. The number of rotatable bonds is 2. The summed E-state index contributed by atoms with van der Waals surface area (Å²) in [5.74, 6) is -0.464. The van der Waals surface area contributed by atoms with Crippen molar-refractivity contribution in [2.24, 2.45) is 0 Å². The van der Waals surface area contributed by atoms with Gasteiger partial charge in [-0.15, -0.1) is 0 Å². The van der Waals surface area contributed by atoms with E-state index in [1.54, 1.807) is 19.1 Å². The molecule has 100 valence electrons. The number of hydrogen-bond acceptors (Lipinski definition) is 2. The van der Waals surface area contributed by atoms with Crippen LogP contribution in [0.5, 0.6) is 0 Å². The number of hydrogen-bond donors (Lipinski definition) is 1. The highest BCUT2D eigenvalue weighted by Gasteiger charge is 2.18. The molecular weight excluding hydrogens is 271 g/mol. The molecule has 0 bridgehead atoms. The second-order valence-electron chi connectivity index (χ2n) is 4.24. The number of nitrogens with one attached hydrogen (secondary N) is 1. The van der Waals surface area contributed by atoms with Gasteiger partial charge in [0.05, 0.1) is 6.04 Å². The molecule has 6 heteroatoms. The second-order valence-corrected chi connectivity index (χ2v) is 4.62. The first-order valence-electron chi connectivity index (χ1n) is 5.69. The number of nitrogens with zero attached hydrogens (tertiary/aromatic N) is 1. The minimum absolute atomic E-state index is 0.00647. The summed E-state index contributed by atoms with van der Waals surface area (Å²) in [6, 6.07) is 5.31. The number of H-pyrrole nitrogens is 1. The van der Waals surface area contributed by atoms with Crippen LogP contribution < -0.4 is 11.2 Å². The van der Waals surface area contributed by atoms with Crippen LogP contribution in [0.25, 0.3) is 0 Å². The Hall–Kier alpha value is -1.88. The Bertz CT molecular complexity index is 736. The lowest BCUT2D eigenvalue weighted by molar-refractivity contribution is 0.528. The average molecular weight is 283 g/mol. The number of benzene rings is 1. The smallest absolute Gasteiger partial charge is 0.297 e. The van der Waals surface area contributed by atoms with Gasteiger partial charge in [0.1, 0.15) is 11.0 Å². The summed E-state index contributed by atoms with van der Waals surface area (Å²) in [6.45, 7) is 3.09. The summed E-state index contributed by atoms with van der Waals surface area (Å²) in [5.41, 5.74) is -0.679. The lowest BCUT2D eigenvalue weighted by Crippen LogP contribution is -2.39. The Morgan fingerprint density at radius 3 is 2.58 bits per heavy atom. The highest BCUT2D eigenvalue weighted by atomic mass is 35.5. The fraction of sp³-hybridized carbons (Fsp3) is 0.231. The van der Waals surface area contributed by atoms with E-state index in [1.165, 1.54) is 19.1 Å². The third kappa shape index (κ3) is 2.33. The predicted octanol–water partition coefficient (Wildman–Crippen LogP) is 2.25. The van der Waals surface area contributed by atoms with Gasteiger partial charge in [0.2, 0.25) is 0 Å². The summed E-state index contributed by atoms with van der Waals surface area (Å²) in [6.07, 6.45) is 0. The maximum Gasteiger partial charge on any atom is 0.330 e. The third-order valence-electron chi connectivity index (χ3n) is 3.05. The van der Waals surface area contributed by atoms with Gasteiger partial charge in [-0.2, -0.15) is 0 Å². The molecular formula is C13H12ClFN2O2. The zero-order valence-electron chi connectivity index (χ0n) is 10.4. The Balaban J connectivity index is 2.67. The van der Waals surface area contributed by atoms with E-state index in [2.05, 4.69) is 4.98 Å². The third-order valence-corrected chi connectivity index (χ3v) is 3.42. The number of halogens is 2. The molecule has 19 heavy (non-hydrogen) atoms. The molecule has 0 aliphatic carbocycles. The maximum absolute atomic E-state index is 13.7. The number of aromatic nitrogens is 2. The van der Waals surface area contributed by atoms with Crippen LogP contribution >= 0.6 is 11.6 Å². The lowest BCUT2D eigenvalue weighted by Gasteiger charge is -2.15. The molecule has 2 aromatic rings. The van der Waals surface area contributed by atoms with Gasteiger partial charge >= 0.3 is 5.69 Å². The summed E-state index contributed by atoms with van der Waals surface area (Å²) in [7, 11) is 0. The molecule has 2 rings (SSSR count). The van der Waals surface area contributed by atoms with Gasteiger partial charge in [0.15, 0.2) is 0 Å². The van der Waals surface area contributed by atoms with E-state index < -0.39 is 23.1 Å². The van der Waals surface area contributed by atoms with Crippen molar-refractivity contribution in [2.45, 2.75) is 19.9 Å². The minimum Gasteiger partial charge on any atom is -0.297 e. The molecule has 1 aromatic heterocycles. The topological polar surface area (TPSA) is 54.9 Å². The molecule has 0 fully saturated rings. The summed E-state index contributed by atoms with van der Waals surface area (Å²) in [5, 5.41) is 0.00647. The van der Waals surface area contributed by atoms with Crippen molar-refractivity contribution in [3.8, 4) is 0 Å². The van der Waals surface area contributed by atoms with Crippen LogP contribution in [0.2, 0.25) is 5.15 Å². The molecule has 0 aliphatic rings. The molecule has 1 unspecified atom stereocenters. The zero-order chi connectivity index (χ0) is 14.2. The monoisotopic (exact) mass is 282 g/mol. The van der Waals surface area contributed by atoms with Gasteiger partial charge in [-0.3, -0.25) is 14.3 Å². The minimum atomic E-state index is -0.714. The van der Waals surface area contributed by atoms with Crippen molar-refractivity contribution >= 4 is 11.6 Å². The van der Waals surface area contributed by atoms with Crippen LogP contribution in [0.3, 0.4) is 0 Å². The fourth-order valence-electron chi connectivity index (χ4n) is 1.92. The van der Waals surface area contributed by atoms with Crippen molar-refractivity contribution in [1.29, 1.82) is 0 Å². The molecule has 0 spiro atoms. The van der Waals surface area contributed by atoms with Crippen LogP contribution in [0.15, 0.2) is 33.9 Å². The predicted molar refractivity (Wildman–Crippen MR) is 71.3 cm³/mol. The van der Waals surface area contributed by atoms with E-state index in [0.717, 1.165) is 4.57 Å². The van der Waals surface area contributed by atoms with E-state index in [0.29, 0.717) is 0 Å². The first kappa shape index (κ1) is 13.5. The highest BCUT2D eigenvalue weighted by molar-refractivity contribution is 6.30. The van der Waals surface area contributed by atoms with Crippen LogP contribution in [-0.4, -0.2) is 9.55 Å². The van der Waals surface area contributed by atoms with Crippen molar-refractivity contribution in [1.82, 2.24) is 9.55 Å². The largest absolute Gasteiger partial charge is 0.330 e. The van der Waals surface area contributed by atoms with Crippen molar-refractivity contribution < 1.29 is 4.39 Å². The first-order valence-corrected chi connectivity index (χ1v) is 6.06. The Morgan fingerprint density at radius 1 is 1.32 bits per heavy atom. The SMILES string of the molecule is Cc1c(Cl)[nH]c(=O)n(C(C)c2ccccc2F)c1=O. The van der Waals surface area contributed by atoms with E-state index in [1.807, 2.05) is 0 Å². The summed E-state index contributed by atoms with van der Waals surface area (Å²) < 4.78 is 14.7. The van der Waals surface area contributed by atoms with Crippen molar-refractivity contribution in [3.05, 3.63) is 67.2 Å². The molecule has 0 amide bonds. The molecule has 4 nitrogen and oxygen atoms in total. The van der Waals surface area contributed by atoms with E-state index in [-0.39, 0.29) is 16.3 Å². The molecule has 1 aromatic carbocycles. The van der Waals surface area contributed by atoms with Gasteiger partial charge in [0, 0.05) is 11.1 Å². The van der Waals surface area contributed by atoms with Gasteiger partial charge in [-0.05, 0) is 19.9 Å². The molecule has 0 saturated carbocycles. The van der Waals surface area contributed by atoms with E-state index in [4.69, 9.17) is 11.6 Å². The molecule has 0 saturated heterocycles. The normalized spacial score (nSPS) is 12.4.